The zero-order valence-corrected chi connectivity index (χ0v) is 35.5. The van der Waals surface area contributed by atoms with Gasteiger partial charge in [0.15, 0.2) is 0 Å². The van der Waals surface area contributed by atoms with Gasteiger partial charge in [0.2, 0.25) is 0 Å². The van der Waals surface area contributed by atoms with E-state index in [1.807, 2.05) is 11.3 Å². The van der Waals surface area contributed by atoms with Crippen LogP contribution in [-0.2, 0) is 6.42 Å². The number of nitrogens with zero attached hydrogens (tertiary/aromatic N) is 2. The Kier molecular flexibility index (Phi) is 9.20. The second-order valence-corrected chi connectivity index (χ2v) is 17.5. The van der Waals surface area contributed by atoms with Crippen LogP contribution in [0.4, 0.5) is 17.1 Å². The molecule has 63 heavy (non-hydrogen) atoms. The molecule has 0 saturated carbocycles. The molecule has 0 saturated heterocycles. The number of allylic oxidation sites excluding steroid dienone is 1. The molecule has 0 atom stereocenters. The molecule has 298 valence electrons. The van der Waals surface area contributed by atoms with Crippen molar-refractivity contribution in [2.24, 2.45) is 0 Å². The van der Waals surface area contributed by atoms with Crippen LogP contribution in [0.3, 0.4) is 0 Å². The van der Waals surface area contributed by atoms with Crippen LogP contribution in [0.15, 0.2) is 224 Å². The van der Waals surface area contributed by atoms with Crippen LogP contribution in [-0.4, -0.2) is 4.57 Å². The van der Waals surface area contributed by atoms with Crippen molar-refractivity contribution in [1.29, 1.82) is 0 Å². The second-order valence-electron chi connectivity index (χ2n) is 16.4. The maximum Gasteiger partial charge on any atom is 0.0547 e. The summed E-state index contributed by atoms with van der Waals surface area (Å²) in [5.41, 5.74) is 18.0. The average molecular weight is 823 g/mol. The Hall–Kier alpha value is -7.72. The molecule has 0 fully saturated rings. The van der Waals surface area contributed by atoms with Gasteiger partial charge < -0.3 is 9.47 Å². The van der Waals surface area contributed by atoms with E-state index in [1.165, 1.54) is 86.8 Å². The van der Waals surface area contributed by atoms with Crippen LogP contribution < -0.4 is 4.90 Å². The van der Waals surface area contributed by atoms with Gasteiger partial charge >= 0.3 is 0 Å². The van der Waals surface area contributed by atoms with Crippen LogP contribution >= 0.6 is 11.3 Å². The number of fused-ring (bicyclic) bond motifs is 6. The number of para-hydroxylation sites is 2. The molecule has 0 spiro atoms. The highest BCUT2D eigenvalue weighted by molar-refractivity contribution is 7.20. The fourth-order valence-electron chi connectivity index (χ4n) is 9.61. The van der Waals surface area contributed by atoms with E-state index in [9.17, 15) is 0 Å². The van der Waals surface area contributed by atoms with Crippen LogP contribution in [0.1, 0.15) is 16.9 Å². The molecule has 0 unspecified atom stereocenters. The largest absolute Gasteiger partial charge is 0.310 e. The third-order valence-corrected chi connectivity index (χ3v) is 13.9. The van der Waals surface area contributed by atoms with Gasteiger partial charge in [0.1, 0.15) is 0 Å². The first-order valence-electron chi connectivity index (χ1n) is 21.8. The SMILES string of the molecule is C1=Cc2sc3ccc(N(c4ccc(-c5ccccc5)cc4)c4ccc(-c5ccc(-c6ccccc6)cc5-c5ccc6c7ccccc7n(-c7ccccc7)c6c5)cc4)cc3c2CC1. The van der Waals surface area contributed by atoms with Gasteiger partial charge in [-0.3, -0.25) is 0 Å². The average Bonchev–Trinajstić information content (AvgIpc) is 3.90. The quantitative estimate of drug-likeness (QED) is 0.148. The van der Waals surface area contributed by atoms with Crippen molar-refractivity contribution < 1.29 is 0 Å². The van der Waals surface area contributed by atoms with Crippen molar-refractivity contribution in [3.63, 3.8) is 0 Å². The van der Waals surface area contributed by atoms with E-state index in [0.29, 0.717) is 0 Å². The van der Waals surface area contributed by atoms with E-state index < -0.39 is 0 Å². The molecule has 12 rings (SSSR count). The summed E-state index contributed by atoms with van der Waals surface area (Å²) in [4.78, 5) is 3.81. The Morgan fingerprint density at radius 3 is 1.73 bits per heavy atom. The predicted octanol–water partition coefficient (Wildman–Crippen LogP) is 17.1. The van der Waals surface area contributed by atoms with E-state index >= 15 is 0 Å². The first-order chi connectivity index (χ1) is 31.2. The highest BCUT2D eigenvalue weighted by Gasteiger charge is 2.20. The lowest BCUT2D eigenvalue weighted by Gasteiger charge is -2.26. The molecular formula is C60H42N2S. The molecule has 1 aliphatic carbocycles. The smallest absolute Gasteiger partial charge is 0.0547 e. The van der Waals surface area contributed by atoms with Gasteiger partial charge in [-0.1, -0.05) is 152 Å². The van der Waals surface area contributed by atoms with Crippen LogP contribution in [0, 0.1) is 0 Å². The third kappa shape index (κ3) is 6.66. The van der Waals surface area contributed by atoms with Crippen molar-refractivity contribution in [3.05, 3.63) is 235 Å². The van der Waals surface area contributed by atoms with Gasteiger partial charge in [-0.15, -0.1) is 11.3 Å². The molecule has 2 heterocycles. The summed E-state index contributed by atoms with van der Waals surface area (Å²) in [5.74, 6) is 0. The zero-order valence-electron chi connectivity index (χ0n) is 34.7. The van der Waals surface area contributed by atoms with Gasteiger partial charge in [-0.25, -0.2) is 0 Å². The normalized spacial score (nSPS) is 12.3. The molecule has 0 bridgehead atoms. The van der Waals surface area contributed by atoms with E-state index in [1.54, 1.807) is 0 Å². The van der Waals surface area contributed by atoms with Crippen molar-refractivity contribution in [2.75, 3.05) is 4.90 Å². The fraction of sp³-hybridized carbons (Fsp3) is 0.0333. The highest BCUT2D eigenvalue weighted by atomic mass is 32.1. The lowest BCUT2D eigenvalue weighted by molar-refractivity contribution is 1.01. The summed E-state index contributed by atoms with van der Waals surface area (Å²) in [6.45, 7) is 0. The number of aromatic nitrogens is 1. The van der Waals surface area contributed by atoms with Crippen molar-refractivity contribution in [1.82, 2.24) is 4.57 Å². The molecule has 2 aromatic heterocycles. The molecule has 0 amide bonds. The predicted molar refractivity (Wildman–Crippen MR) is 270 cm³/mol. The minimum atomic E-state index is 1.09. The lowest BCUT2D eigenvalue weighted by Crippen LogP contribution is -2.10. The number of anilines is 3. The van der Waals surface area contributed by atoms with Crippen LogP contribution in [0.2, 0.25) is 0 Å². The van der Waals surface area contributed by atoms with Crippen LogP contribution in [0.25, 0.3) is 88.2 Å². The monoisotopic (exact) mass is 822 g/mol. The molecule has 3 heteroatoms. The van der Waals surface area contributed by atoms with Gasteiger partial charge in [0.25, 0.3) is 0 Å². The standard InChI is InChI=1S/C60H42N2S/c1-4-14-41(15-5-1)43-24-30-48(31-25-43)61(50-34-37-60-56(40-50)54-21-11-13-23-59(54)63-60)49-32-26-44(27-33-49)51-35-28-45(42-16-6-2-7-17-42)38-55(51)46-29-36-53-52-20-10-12-22-57(52)62(58(53)39-46)47-18-8-3-9-19-47/h1-10,12-20,22-40H,11,21H2. The first-order valence-corrected chi connectivity index (χ1v) is 22.6. The van der Waals surface area contributed by atoms with E-state index in [2.05, 4.69) is 240 Å². The highest BCUT2D eigenvalue weighted by Crippen LogP contribution is 2.44. The van der Waals surface area contributed by atoms with Crippen molar-refractivity contribution in [2.45, 2.75) is 12.8 Å². The fourth-order valence-corrected chi connectivity index (χ4v) is 10.8. The van der Waals surface area contributed by atoms with Crippen molar-refractivity contribution in [3.8, 4) is 50.2 Å². The van der Waals surface area contributed by atoms with E-state index in [4.69, 9.17) is 0 Å². The van der Waals surface area contributed by atoms with Gasteiger partial charge in [0, 0.05) is 43.1 Å². The third-order valence-electron chi connectivity index (χ3n) is 12.7. The molecule has 11 aromatic rings. The molecule has 0 N–H and O–H groups in total. The van der Waals surface area contributed by atoms with E-state index in [0.717, 1.165) is 35.6 Å². The van der Waals surface area contributed by atoms with Gasteiger partial charge in [0.05, 0.1) is 11.0 Å². The first kappa shape index (κ1) is 37.1. The topological polar surface area (TPSA) is 8.17 Å². The summed E-state index contributed by atoms with van der Waals surface area (Å²) in [6, 6.07) is 80.0. The Balaban J connectivity index is 0.997. The summed E-state index contributed by atoms with van der Waals surface area (Å²) in [5, 5.41) is 3.87. The number of hydrogen-bond acceptors (Lipinski definition) is 2. The van der Waals surface area contributed by atoms with Gasteiger partial charge in [-0.2, -0.15) is 0 Å². The Labute approximate surface area is 371 Å². The Morgan fingerprint density at radius 1 is 0.397 bits per heavy atom. The maximum atomic E-state index is 2.41. The minimum absolute atomic E-state index is 1.09. The molecule has 0 radical (unpaired) electrons. The molecule has 9 aromatic carbocycles. The molecule has 2 nitrogen and oxygen atoms in total. The molecular weight excluding hydrogens is 781 g/mol. The summed E-state index contributed by atoms with van der Waals surface area (Å²) >= 11 is 1.90. The number of hydrogen-bond donors (Lipinski definition) is 0. The summed E-state index contributed by atoms with van der Waals surface area (Å²) < 4.78 is 3.75. The Morgan fingerprint density at radius 2 is 0.984 bits per heavy atom. The zero-order chi connectivity index (χ0) is 41.7. The number of aryl methyl sites for hydroxylation is 1. The molecule has 1 aliphatic rings. The summed E-state index contributed by atoms with van der Waals surface area (Å²) in [7, 11) is 0. The number of benzene rings is 9. The van der Waals surface area contributed by atoms with Gasteiger partial charge in [-0.05, 0) is 147 Å². The maximum absolute atomic E-state index is 2.41. The summed E-state index contributed by atoms with van der Waals surface area (Å²) in [6.07, 6.45) is 6.80. The number of rotatable bonds is 8. The lowest BCUT2D eigenvalue weighted by atomic mass is 9.90. The minimum Gasteiger partial charge on any atom is -0.310 e. The van der Waals surface area contributed by atoms with Crippen LogP contribution in [0.5, 0.6) is 0 Å². The second kappa shape index (κ2) is 15.6. The Bertz CT molecular complexity index is 3470. The molecule has 0 aliphatic heterocycles. The van der Waals surface area contributed by atoms with Crippen molar-refractivity contribution >= 4 is 66.4 Å². The van der Waals surface area contributed by atoms with E-state index in [-0.39, 0.29) is 0 Å². The number of thiophene rings is 1.